The first-order chi connectivity index (χ1) is 6.59. The summed E-state index contributed by atoms with van der Waals surface area (Å²) in [6.45, 7) is 3.72. The minimum atomic E-state index is -0.222. The summed E-state index contributed by atoms with van der Waals surface area (Å²) in [7, 11) is 0. The first-order valence-electron chi connectivity index (χ1n) is 3.81. The molecule has 1 N–H and O–H groups in total. The zero-order valence-electron chi connectivity index (χ0n) is 7.26. The van der Waals surface area contributed by atoms with Gasteiger partial charge in [-0.25, -0.2) is 0 Å². The summed E-state index contributed by atoms with van der Waals surface area (Å²) in [4.78, 5) is 15.3. The van der Waals surface area contributed by atoms with Crippen LogP contribution in [-0.4, -0.2) is 17.4 Å². The van der Waals surface area contributed by atoms with Gasteiger partial charge < -0.3 is 5.32 Å². The number of carbonyl (C=O) groups excluding carboxylic acids is 1. The molecule has 0 aliphatic rings. The lowest BCUT2D eigenvalue weighted by molar-refractivity contribution is 0.0957. The van der Waals surface area contributed by atoms with E-state index in [4.69, 9.17) is 11.6 Å². The Hall–Kier alpha value is -0.870. The highest BCUT2D eigenvalue weighted by molar-refractivity contribution is 9.10. The van der Waals surface area contributed by atoms with Crippen molar-refractivity contribution in [1.29, 1.82) is 0 Å². The van der Waals surface area contributed by atoms with Gasteiger partial charge in [0.25, 0.3) is 5.91 Å². The minimum Gasteiger partial charge on any atom is -0.347 e. The van der Waals surface area contributed by atoms with Crippen molar-refractivity contribution in [2.45, 2.75) is 0 Å². The van der Waals surface area contributed by atoms with Crippen molar-refractivity contribution in [1.82, 2.24) is 10.3 Å². The van der Waals surface area contributed by atoms with E-state index in [0.29, 0.717) is 10.6 Å². The van der Waals surface area contributed by atoms with Crippen LogP contribution in [0.2, 0.25) is 0 Å². The molecule has 0 fully saturated rings. The van der Waals surface area contributed by atoms with Crippen LogP contribution in [0.5, 0.6) is 0 Å². The molecule has 0 radical (unpaired) electrons. The second-order valence-corrected chi connectivity index (χ2v) is 4.04. The van der Waals surface area contributed by atoms with Crippen LogP contribution in [0.1, 0.15) is 10.4 Å². The quantitative estimate of drug-likeness (QED) is 0.920. The number of amides is 1. The number of rotatable bonds is 3. The number of hydrogen-bond donors (Lipinski definition) is 1. The van der Waals surface area contributed by atoms with E-state index in [1.54, 1.807) is 12.3 Å². The van der Waals surface area contributed by atoms with Crippen LogP contribution in [-0.2, 0) is 0 Å². The largest absolute Gasteiger partial charge is 0.347 e. The molecule has 1 heterocycles. The Morgan fingerprint density at radius 2 is 2.36 bits per heavy atom. The van der Waals surface area contributed by atoms with Gasteiger partial charge in [0.05, 0.1) is 12.1 Å². The Morgan fingerprint density at radius 3 is 2.93 bits per heavy atom. The normalized spacial score (nSPS) is 9.57. The molecule has 74 valence electrons. The lowest BCUT2D eigenvalue weighted by atomic mass is 10.3. The Labute approximate surface area is 95.3 Å². The summed E-state index contributed by atoms with van der Waals surface area (Å²) in [5.74, 6) is -0.222. The number of carbonyl (C=O) groups is 1. The van der Waals surface area contributed by atoms with Crippen molar-refractivity contribution in [2.24, 2.45) is 0 Å². The lowest BCUT2D eigenvalue weighted by Crippen LogP contribution is -2.24. The third kappa shape index (κ3) is 3.47. The fourth-order valence-corrected chi connectivity index (χ4v) is 1.25. The monoisotopic (exact) mass is 274 g/mol. The van der Waals surface area contributed by atoms with E-state index >= 15 is 0 Å². The summed E-state index contributed by atoms with van der Waals surface area (Å²) >= 11 is 8.73. The Kier molecular flexibility index (Phi) is 4.10. The van der Waals surface area contributed by atoms with E-state index in [-0.39, 0.29) is 12.5 Å². The fraction of sp³-hybridized carbons (Fsp3) is 0.111. The van der Waals surface area contributed by atoms with E-state index < -0.39 is 0 Å². The summed E-state index contributed by atoms with van der Waals surface area (Å²) in [6, 6.07) is 1.68. The van der Waals surface area contributed by atoms with Gasteiger partial charge in [0, 0.05) is 21.9 Å². The summed E-state index contributed by atoms with van der Waals surface area (Å²) in [6.07, 6.45) is 3.09. The molecule has 1 rings (SSSR count). The second-order valence-electron chi connectivity index (χ2n) is 2.59. The SMILES string of the molecule is C=C(Cl)CNC(=O)c1cncc(Br)c1. The van der Waals surface area contributed by atoms with Gasteiger partial charge in [-0.05, 0) is 22.0 Å². The summed E-state index contributed by atoms with van der Waals surface area (Å²) in [5.41, 5.74) is 0.484. The molecule has 0 aromatic carbocycles. The van der Waals surface area contributed by atoms with Crippen molar-refractivity contribution in [3.63, 3.8) is 0 Å². The molecular formula is C9H8BrClN2O. The Balaban J connectivity index is 2.65. The van der Waals surface area contributed by atoms with Crippen LogP contribution >= 0.6 is 27.5 Å². The maximum absolute atomic E-state index is 11.4. The third-order valence-corrected chi connectivity index (χ3v) is 1.98. The van der Waals surface area contributed by atoms with E-state index in [1.807, 2.05) is 0 Å². The molecule has 5 heteroatoms. The predicted molar refractivity (Wildman–Crippen MR) is 59.3 cm³/mol. The average Bonchev–Trinajstić information content (AvgIpc) is 2.14. The summed E-state index contributed by atoms with van der Waals surface area (Å²) in [5, 5.41) is 2.98. The van der Waals surface area contributed by atoms with Crippen LogP contribution in [0.25, 0.3) is 0 Å². The van der Waals surface area contributed by atoms with E-state index in [1.165, 1.54) is 6.20 Å². The molecule has 1 amide bonds. The highest BCUT2D eigenvalue weighted by atomic mass is 79.9. The first-order valence-corrected chi connectivity index (χ1v) is 4.98. The van der Waals surface area contributed by atoms with Crippen molar-refractivity contribution in [3.05, 3.63) is 40.1 Å². The Bertz CT molecular complexity index is 368. The summed E-state index contributed by atoms with van der Waals surface area (Å²) < 4.78 is 0.759. The Morgan fingerprint density at radius 1 is 1.64 bits per heavy atom. The second kappa shape index (κ2) is 5.12. The molecule has 1 aromatic heterocycles. The highest BCUT2D eigenvalue weighted by Gasteiger charge is 2.05. The fourth-order valence-electron chi connectivity index (χ4n) is 0.814. The average molecular weight is 276 g/mol. The van der Waals surface area contributed by atoms with E-state index in [2.05, 4.69) is 32.8 Å². The molecule has 0 atom stereocenters. The van der Waals surface area contributed by atoms with Crippen LogP contribution in [0.3, 0.4) is 0 Å². The van der Waals surface area contributed by atoms with E-state index in [9.17, 15) is 4.79 Å². The van der Waals surface area contributed by atoms with Gasteiger partial charge in [-0.15, -0.1) is 0 Å². The number of hydrogen-bond acceptors (Lipinski definition) is 2. The maximum Gasteiger partial charge on any atom is 0.253 e. The highest BCUT2D eigenvalue weighted by Crippen LogP contribution is 2.09. The van der Waals surface area contributed by atoms with Crippen LogP contribution < -0.4 is 5.32 Å². The molecule has 0 aliphatic carbocycles. The van der Waals surface area contributed by atoms with Crippen LogP contribution in [0, 0.1) is 0 Å². The van der Waals surface area contributed by atoms with Gasteiger partial charge in [-0.1, -0.05) is 18.2 Å². The third-order valence-electron chi connectivity index (χ3n) is 1.41. The van der Waals surface area contributed by atoms with Gasteiger partial charge in [-0.2, -0.15) is 0 Å². The van der Waals surface area contributed by atoms with Gasteiger partial charge in [0.1, 0.15) is 0 Å². The number of halogens is 2. The predicted octanol–water partition coefficient (Wildman–Crippen LogP) is 2.33. The zero-order chi connectivity index (χ0) is 10.6. The van der Waals surface area contributed by atoms with Crippen LogP contribution in [0.4, 0.5) is 0 Å². The molecule has 0 bridgehead atoms. The van der Waals surface area contributed by atoms with Gasteiger partial charge >= 0.3 is 0 Å². The van der Waals surface area contributed by atoms with Gasteiger partial charge in [0.2, 0.25) is 0 Å². The lowest BCUT2D eigenvalue weighted by Gasteiger charge is -2.03. The van der Waals surface area contributed by atoms with Crippen molar-refractivity contribution in [2.75, 3.05) is 6.54 Å². The molecule has 0 aliphatic heterocycles. The molecule has 3 nitrogen and oxygen atoms in total. The topological polar surface area (TPSA) is 42.0 Å². The smallest absolute Gasteiger partial charge is 0.253 e. The van der Waals surface area contributed by atoms with Gasteiger partial charge in [0.15, 0.2) is 0 Å². The van der Waals surface area contributed by atoms with E-state index in [0.717, 1.165) is 4.47 Å². The van der Waals surface area contributed by atoms with Crippen molar-refractivity contribution in [3.8, 4) is 0 Å². The molecular weight excluding hydrogens is 267 g/mol. The molecule has 0 saturated carbocycles. The molecule has 0 saturated heterocycles. The zero-order valence-corrected chi connectivity index (χ0v) is 9.60. The van der Waals surface area contributed by atoms with Gasteiger partial charge in [-0.3, -0.25) is 9.78 Å². The van der Waals surface area contributed by atoms with Crippen LogP contribution in [0.15, 0.2) is 34.5 Å². The molecule has 14 heavy (non-hydrogen) atoms. The number of pyridine rings is 1. The minimum absolute atomic E-state index is 0.222. The number of nitrogens with one attached hydrogen (secondary N) is 1. The number of nitrogens with zero attached hydrogens (tertiary/aromatic N) is 1. The number of aromatic nitrogens is 1. The standard InChI is InChI=1S/C9H8BrClN2O/c1-6(11)3-13-9(14)7-2-8(10)5-12-4-7/h2,4-5H,1,3H2,(H,13,14). The first kappa shape index (κ1) is 11.2. The maximum atomic E-state index is 11.4. The molecule has 1 aromatic rings. The van der Waals surface area contributed by atoms with Crippen molar-refractivity contribution < 1.29 is 4.79 Å². The molecule has 0 spiro atoms. The molecule has 0 unspecified atom stereocenters. The van der Waals surface area contributed by atoms with Crippen molar-refractivity contribution >= 4 is 33.4 Å².